The van der Waals surface area contributed by atoms with Crippen molar-refractivity contribution in [3.63, 3.8) is 0 Å². The summed E-state index contributed by atoms with van der Waals surface area (Å²) < 4.78 is -0.454. The van der Waals surface area contributed by atoms with Gasteiger partial charge in [0.1, 0.15) is 4.33 Å². The average molecular weight is 218 g/mol. The number of hydrogen-bond donors (Lipinski definition) is 0. The van der Waals surface area contributed by atoms with E-state index in [-0.39, 0.29) is 4.32 Å². The summed E-state index contributed by atoms with van der Waals surface area (Å²) in [7, 11) is 0. The first-order valence-corrected chi connectivity index (χ1v) is 4.13. The van der Waals surface area contributed by atoms with Gasteiger partial charge in [0.05, 0.1) is 4.32 Å². The van der Waals surface area contributed by atoms with Crippen molar-refractivity contribution in [3.05, 3.63) is 0 Å². The van der Waals surface area contributed by atoms with Gasteiger partial charge in [0.15, 0.2) is 0 Å². The van der Waals surface area contributed by atoms with Gasteiger partial charge in [-0.15, -0.1) is 23.2 Å². The van der Waals surface area contributed by atoms with Crippen LogP contribution in [0.3, 0.4) is 0 Å². The highest BCUT2D eigenvalue weighted by molar-refractivity contribution is 9.10. The van der Waals surface area contributed by atoms with Gasteiger partial charge in [0, 0.05) is 0 Å². The van der Waals surface area contributed by atoms with Crippen molar-refractivity contribution in [1.82, 2.24) is 0 Å². The van der Waals surface area contributed by atoms with E-state index in [1.54, 1.807) is 0 Å². The molecule has 0 N–H and O–H groups in total. The molecule has 0 saturated heterocycles. The van der Waals surface area contributed by atoms with E-state index in [2.05, 4.69) is 22.9 Å². The third-order valence-electron chi connectivity index (χ3n) is 1.59. The molecule has 0 aromatic rings. The predicted molar refractivity (Wildman–Crippen MR) is 41.0 cm³/mol. The number of rotatable bonds is 1. The Kier molecular flexibility index (Phi) is 1.59. The smallest absolute Gasteiger partial charge is 0.100 e. The Balaban J connectivity index is 2.55. The normalized spacial score (nSPS) is 42.0. The second kappa shape index (κ2) is 1.77. The van der Waals surface area contributed by atoms with Crippen molar-refractivity contribution in [2.75, 3.05) is 0 Å². The number of alkyl halides is 3. The molecule has 0 bridgehead atoms. The zero-order valence-electron chi connectivity index (χ0n) is 4.55. The summed E-state index contributed by atoms with van der Waals surface area (Å²) >= 11 is 15.0. The minimum atomic E-state index is -0.484. The fourth-order valence-corrected chi connectivity index (χ4v) is 2.16. The summed E-state index contributed by atoms with van der Waals surface area (Å²) in [4.78, 5) is 0. The van der Waals surface area contributed by atoms with Crippen LogP contribution in [-0.2, 0) is 0 Å². The molecule has 8 heavy (non-hydrogen) atoms. The lowest BCUT2D eigenvalue weighted by Gasteiger charge is -2.03. The van der Waals surface area contributed by atoms with Crippen LogP contribution in [0.4, 0.5) is 0 Å². The molecule has 0 aromatic heterocycles. The molecule has 1 atom stereocenters. The van der Waals surface area contributed by atoms with Gasteiger partial charge in [0.25, 0.3) is 0 Å². The average Bonchev–Trinajstić information content (AvgIpc) is 2.10. The third-order valence-corrected chi connectivity index (χ3v) is 4.56. The summed E-state index contributed by atoms with van der Waals surface area (Å²) in [5.41, 5.74) is 0. The molecule has 0 aliphatic heterocycles. The first kappa shape index (κ1) is 7.17. The van der Waals surface area contributed by atoms with E-state index in [0.717, 1.165) is 12.8 Å². The van der Waals surface area contributed by atoms with E-state index < -0.39 is 4.33 Å². The van der Waals surface area contributed by atoms with Crippen LogP contribution in [0.25, 0.3) is 0 Å². The zero-order valence-corrected chi connectivity index (χ0v) is 7.65. The Hall–Kier alpha value is 1.06. The van der Waals surface area contributed by atoms with Crippen LogP contribution in [-0.4, -0.2) is 8.66 Å². The molecule has 0 nitrogen and oxygen atoms in total. The van der Waals surface area contributed by atoms with Crippen molar-refractivity contribution in [1.29, 1.82) is 0 Å². The van der Waals surface area contributed by atoms with E-state index in [0.29, 0.717) is 0 Å². The van der Waals surface area contributed by atoms with Crippen molar-refractivity contribution >= 4 is 39.1 Å². The molecule has 1 rings (SSSR count). The molecule has 1 saturated carbocycles. The molecule has 0 spiro atoms. The van der Waals surface area contributed by atoms with Crippen LogP contribution in [0.1, 0.15) is 19.8 Å². The maximum absolute atomic E-state index is 5.77. The van der Waals surface area contributed by atoms with Crippen LogP contribution in [0.2, 0.25) is 0 Å². The standard InChI is InChI=1S/C5H7BrCl2/c1-2-4(6)3-5(4,7)8/h2-3H2,1H3. The van der Waals surface area contributed by atoms with Crippen molar-refractivity contribution in [3.8, 4) is 0 Å². The summed E-state index contributed by atoms with van der Waals surface area (Å²) in [5, 5.41) is 0. The zero-order chi connectivity index (χ0) is 6.41. The number of halogens is 3. The molecule has 0 aromatic carbocycles. The molecular formula is C5H7BrCl2. The molecule has 1 aliphatic rings. The van der Waals surface area contributed by atoms with Gasteiger partial charge in [0.2, 0.25) is 0 Å². The van der Waals surface area contributed by atoms with Crippen LogP contribution < -0.4 is 0 Å². The minimum Gasteiger partial charge on any atom is -0.100 e. The molecule has 0 radical (unpaired) electrons. The van der Waals surface area contributed by atoms with E-state index in [1.165, 1.54) is 0 Å². The second-order valence-corrected chi connectivity index (χ2v) is 5.20. The van der Waals surface area contributed by atoms with Crippen molar-refractivity contribution in [2.45, 2.75) is 28.4 Å². The van der Waals surface area contributed by atoms with Crippen LogP contribution >= 0.6 is 39.1 Å². The van der Waals surface area contributed by atoms with E-state index in [9.17, 15) is 0 Å². The Bertz CT molecular complexity index is 113. The number of hydrogen-bond acceptors (Lipinski definition) is 0. The first-order valence-electron chi connectivity index (χ1n) is 2.58. The lowest BCUT2D eigenvalue weighted by molar-refractivity contribution is 0.858. The first-order chi connectivity index (χ1) is 3.52. The van der Waals surface area contributed by atoms with Gasteiger partial charge in [-0.3, -0.25) is 0 Å². The summed E-state index contributed by atoms with van der Waals surface area (Å²) in [5.74, 6) is 0. The Morgan fingerprint density at radius 2 is 2.00 bits per heavy atom. The molecule has 3 heteroatoms. The van der Waals surface area contributed by atoms with Gasteiger partial charge in [-0.2, -0.15) is 0 Å². The molecule has 0 heterocycles. The fourth-order valence-electron chi connectivity index (χ4n) is 0.691. The highest BCUT2D eigenvalue weighted by Gasteiger charge is 2.63. The van der Waals surface area contributed by atoms with Crippen molar-refractivity contribution < 1.29 is 0 Å². The molecule has 1 fully saturated rings. The highest BCUT2D eigenvalue weighted by atomic mass is 79.9. The lowest BCUT2D eigenvalue weighted by atomic mass is 10.3. The molecule has 48 valence electrons. The quantitative estimate of drug-likeness (QED) is 0.593. The van der Waals surface area contributed by atoms with Crippen molar-refractivity contribution in [2.24, 2.45) is 0 Å². The predicted octanol–water partition coefficient (Wildman–Crippen LogP) is 3.11. The third kappa shape index (κ3) is 0.891. The Labute approximate surface area is 67.7 Å². The maximum atomic E-state index is 5.77. The lowest BCUT2D eigenvalue weighted by Crippen LogP contribution is -2.04. The molecule has 1 aliphatic carbocycles. The van der Waals surface area contributed by atoms with E-state index in [4.69, 9.17) is 23.2 Å². The highest BCUT2D eigenvalue weighted by Crippen LogP contribution is 2.64. The van der Waals surface area contributed by atoms with Gasteiger partial charge >= 0.3 is 0 Å². The summed E-state index contributed by atoms with van der Waals surface area (Å²) in [6.07, 6.45) is 1.87. The summed E-state index contributed by atoms with van der Waals surface area (Å²) in [6, 6.07) is 0. The topological polar surface area (TPSA) is 0 Å². The monoisotopic (exact) mass is 216 g/mol. The van der Waals surface area contributed by atoms with Crippen LogP contribution in [0.15, 0.2) is 0 Å². The Morgan fingerprint density at radius 1 is 1.62 bits per heavy atom. The largest absolute Gasteiger partial charge is 0.135 e. The summed E-state index contributed by atoms with van der Waals surface area (Å²) in [6.45, 7) is 2.07. The molecule has 1 unspecified atom stereocenters. The van der Waals surface area contributed by atoms with Gasteiger partial charge in [-0.25, -0.2) is 0 Å². The minimum absolute atomic E-state index is 0.0309. The SMILES string of the molecule is CCC1(Br)CC1(Cl)Cl. The van der Waals surface area contributed by atoms with Crippen LogP contribution in [0, 0.1) is 0 Å². The second-order valence-electron chi connectivity index (χ2n) is 2.20. The van der Waals surface area contributed by atoms with Gasteiger partial charge in [-0.1, -0.05) is 22.9 Å². The maximum Gasteiger partial charge on any atom is 0.135 e. The van der Waals surface area contributed by atoms with Crippen LogP contribution in [0.5, 0.6) is 0 Å². The fraction of sp³-hybridized carbons (Fsp3) is 1.00. The van der Waals surface area contributed by atoms with Gasteiger partial charge < -0.3 is 0 Å². The molecular weight excluding hydrogens is 211 g/mol. The van der Waals surface area contributed by atoms with Gasteiger partial charge in [-0.05, 0) is 12.8 Å². The molecule has 0 amide bonds. The Morgan fingerprint density at radius 3 is 2.00 bits per heavy atom. The van der Waals surface area contributed by atoms with E-state index in [1.807, 2.05) is 0 Å². The van der Waals surface area contributed by atoms with E-state index >= 15 is 0 Å².